The van der Waals surface area contributed by atoms with E-state index in [1.807, 2.05) is 0 Å². The topological polar surface area (TPSA) is 35.5 Å². The third-order valence-electron chi connectivity index (χ3n) is 0.482. The Bertz CT molecular complexity index is 62.1. The standard InChI is InChI=1S/C5H9O3/c1-3-7-5(6)8-4-2/h1,3-4H2,2H3. The molecule has 0 amide bonds. The van der Waals surface area contributed by atoms with E-state index < -0.39 is 6.16 Å². The molecule has 0 aliphatic heterocycles. The highest BCUT2D eigenvalue weighted by Crippen LogP contribution is 1.81. The van der Waals surface area contributed by atoms with E-state index in [2.05, 4.69) is 16.4 Å². The van der Waals surface area contributed by atoms with Gasteiger partial charge >= 0.3 is 6.16 Å². The minimum absolute atomic E-state index is 0.124. The summed E-state index contributed by atoms with van der Waals surface area (Å²) in [6.45, 7) is 5.47. The molecule has 0 saturated carbocycles. The van der Waals surface area contributed by atoms with Gasteiger partial charge in [-0.1, -0.05) is 0 Å². The van der Waals surface area contributed by atoms with Crippen molar-refractivity contribution in [1.82, 2.24) is 0 Å². The second kappa shape index (κ2) is 4.43. The second-order valence-electron chi connectivity index (χ2n) is 1.03. The predicted octanol–water partition coefficient (Wildman–Crippen LogP) is 0.994. The van der Waals surface area contributed by atoms with E-state index in [0.717, 1.165) is 0 Å². The summed E-state index contributed by atoms with van der Waals surface area (Å²) in [5, 5.41) is 0. The lowest BCUT2D eigenvalue weighted by molar-refractivity contribution is 0.0669. The van der Waals surface area contributed by atoms with Gasteiger partial charge in [-0.15, -0.1) is 0 Å². The Hall–Kier alpha value is -0.730. The maximum Gasteiger partial charge on any atom is 0.508 e. The van der Waals surface area contributed by atoms with Crippen molar-refractivity contribution in [2.75, 3.05) is 13.2 Å². The van der Waals surface area contributed by atoms with Gasteiger partial charge in [-0.25, -0.2) is 4.79 Å². The van der Waals surface area contributed by atoms with Gasteiger partial charge in [0.2, 0.25) is 0 Å². The predicted molar refractivity (Wildman–Crippen MR) is 28.3 cm³/mol. The van der Waals surface area contributed by atoms with Crippen LogP contribution in [-0.2, 0) is 9.47 Å². The summed E-state index contributed by atoms with van der Waals surface area (Å²) in [6, 6.07) is 0. The molecule has 0 spiro atoms. The zero-order valence-electron chi connectivity index (χ0n) is 4.85. The zero-order chi connectivity index (χ0) is 6.41. The van der Waals surface area contributed by atoms with Crippen LogP contribution in [-0.4, -0.2) is 19.4 Å². The number of rotatable bonds is 2. The maximum absolute atomic E-state index is 10.2. The van der Waals surface area contributed by atoms with E-state index in [1.165, 1.54) is 0 Å². The number of hydrogen-bond donors (Lipinski definition) is 0. The van der Waals surface area contributed by atoms with Crippen molar-refractivity contribution in [2.24, 2.45) is 0 Å². The molecule has 0 heterocycles. The first-order valence-corrected chi connectivity index (χ1v) is 2.40. The molecule has 0 bridgehead atoms. The molecule has 0 aliphatic carbocycles. The van der Waals surface area contributed by atoms with Gasteiger partial charge in [0.25, 0.3) is 0 Å². The highest BCUT2D eigenvalue weighted by molar-refractivity contribution is 5.59. The fraction of sp³-hybridized carbons (Fsp3) is 0.600. The van der Waals surface area contributed by atoms with Crippen LogP contribution in [0.3, 0.4) is 0 Å². The molecule has 0 aromatic carbocycles. The normalized spacial score (nSPS) is 8.25. The SMILES string of the molecule is [CH2]COC(=O)OCC. The van der Waals surface area contributed by atoms with E-state index in [-0.39, 0.29) is 6.61 Å². The monoisotopic (exact) mass is 117 g/mol. The molecular formula is C5H9O3. The van der Waals surface area contributed by atoms with Gasteiger partial charge in [0, 0.05) is 0 Å². The molecule has 0 aliphatic rings. The molecule has 3 nitrogen and oxygen atoms in total. The molecule has 8 heavy (non-hydrogen) atoms. The van der Waals surface area contributed by atoms with Crippen LogP contribution in [0.1, 0.15) is 6.92 Å². The summed E-state index contributed by atoms with van der Waals surface area (Å²) >= 11 is 0. The molecule has 0 atom stereocenters. The Balaban J connectivity index is 3.06. The Morgan fingerprint density at radius 1 is 1.62 bits per heavy atom. The third kappa shape index (κ3) is 3.46. The highest BCUT2D eigenvalue weighted by Gasteiger charge is 1.96. The van der Waals surface area contributed by atoms with Gasteiger partial charge in [-0.3, -0.25) is 0 Å². The van der Waals surface area contributed by atoms with E-state index in [1.54, 1.807) is 6.92 Å². The first-order valence-electron chi connectivity index (χ1n) is 2.40. The fourth-order valence-electron chi connectivity index (χ4n) is 0.243. The van der Waals surface area contributed by atoms with Crippen molar-refractivity contribution in [3.8, 4) is 0 Å². The van der Waals surface area contributed by atoms with Crippen LogP contribution in [0.25, 0.3) is 0 Å². The summed E-state index contributed by atoms with van der Waals surface area (Å²) < 4.78 is 8.69. The fourth-order valence-corrected chi connectivity index (χ4v) is 0.243. The van der Waals surface area contributed by atoms with Crippen molar-refractivity contribution in [1.29, 1.82) is 0 Å². The van der Waals surface area contributed by atoms with E-state index in [9.17, 15) is 4.79 Å². The molecule has 0 fully saturated rings. The van der Waals surface area contributed by atoms with Crippen LogP contribution in [0.15, 0.2) is 0 Å². The summed E-state index contributed by atoms with van der Waals surface area (Å²) in [6.07, 6.45) is -0.650. The Labute approximate surface area is 48.6 Å². The molecular weight excluding hydrogens is 108 g/mol. The molecule has 1 radical (unpaired) electrons. The van der Waals surface area contributed by atoms with E-state index >= 15 is 0 Å². The van der Waals surface area contributed by atoms with Crippen LogP contribution in [0.4, 0.5) is 4.79 Å². The quantitative estimate of drug-likeness (QED) is 0.506. The average molecular weight is 117 g/mol. The first kappa shape index (κ1) is 7.27. The van der Waals surface area contributed by atoms with Crippen molar-refractivity contribution in [3.63, 3.8) is 0 Å². The van der Waals surface area contributed by atoms with Crippen LogP contribution < -0.4 is 0 Å². The lowest BCUT2D eigenvalue weighted by Crippen LogP contribution is -2.05. The second-order valence-corrected chi connectivity index (χ2v) is 1.03. The van der Waals surface area contributed by atoms with Crippen LogP contribution in [0, 0.1) is 6.92 Å². The smallest absolute Gasteiger partial charge is 0.435 e. The summed E-state index contributed by atoms with van der Waals surface area (Å²) in [7, 11) is 0. The number of carbonyl (C=O) groups excluding carboxylic acids is 1. The summed E-state index contributed by atoms with van der Waals surface area (Å²) in [5.41, 5.74) is 0. The van der Waals surface area contributed by atoms with Crippen LogP contribution in [0.5, 0.6) is 0 Å². The Kier molecular flexibility index (Phi) is 4.03. The number of hydrogen-bond acceptors (Lipinski definition) is 3. The van der Waals surface area contributed by atoms with Gasteiger partial charge < -0.3 is 9.47 Å². The van der Waals surface area contributed by atoms with Gasteiger partial charge in [0.1, 0.15) is 0 Å². The lowest BCUT2D eigenvalue weighted by atomic mass is 10.8. The maximum atomic E-state index is 10.2. The number of carbonyl (C=O) groups is 1. The van der Waals surface area contributed by atoms with Gasteiger partial charge in [-0.05, 0) is 13.8 Å². The highest BCUT2D eigenvalue weighted by atomic mass is 16.7. The largest absolute Gasteiger partial charge is 0.508 e. The zero-order valence-corrected chi connectivity index (χ0v) is 4.85. The molecule has 0 saturated heterocycles. The van der Waals surface area contributed by atoms with Crippen molar-refractivity contribution in [3.05, 3.63) is 6.92 Å². The van der Waals surface area contributed by atoms with Crippen molar-refractivity contribution >= 4 is 6.16 Å². The van der Waals surface area contributed by atoms with E-state index in [0.29, 0.717) is 6.61 Å². The Morgan fingerprint density at radius 2 is 2.25 bits per heavy atom. The molecule has 0 aromatic heterocycles. The van der Waals surface area contributed by atoms with Gasteiger partial charge in [-0.2, -0.15) is 0 Å². The van der Waals surface area contributed by atoms with Gasteiger partial charge in [0.05, 0.1) is 13.2 Å². The summed E-state index contributed by atoms with van der Waals surface area (Å²) in [4.78, 5) is 10.2. The minimum atomic E-state index is -0.650. The number of ether oxygens (including phenoxy) is 2. The lowest BCUT2D eigenvalue weighted by Gasteiger charge is -1.98. The van der Waals surface area contributed by atoms with Crippen LogP contribution >= 0.6 is 0 Å². The minimum Gasteiger partial charge on any atom is -0.435 e. The first-order chi connectivity index (χ1) is 3.81. The van der Waals surface area contributed by atoms with E-state index in [4.69, 9.17) is 0 Å². The Morgan fingerprint density at radius 3 is 2.62 bits per heavy atom. The molecule has 47 valence electrons. The summed E-state index contributed by atoms with van der Waals surface area (Å²) in [5.74, 6) is 0. The molecule has 0 rings (SSSR count). The van der Waals surface area contributed by atoms with Crippen molar-refractivity contribution < 1.29 is 14.3 Å². The van der Waals surface area contributed by atoms with Crippen molar-refractivity contribution in [2.45, 2.75) is 6.92 Å². The molecule has 0 N–H and O–H groups in total. The van der Waals surface area contributed by atoms with Crippen LogP contribution in [0.2, 0.25) is 0 Å². The van der Waals surface area contributed by atoms with Gasteiger partial charge in [0.15, 0.2) is 0 Å². The molecule has 3 heteroatoms. The molecule has 0 unspecified atom stereocenters. The average Bonchev–Trinajstić information content (AvgIpc) is 1.68. The molecule has 0 aromatic rings. The third-order valence-corrected chi connectivity index (χ3v) is 0.482.